The number of sulfonamides is 2. The second-order valence-corrected chi connectivity index (χ2v) is 11.6. The highest BCUT2D eigenvalue weighted by Crippen LogP contribution is 2.23. The third-order valence-corrected chi connectivity index (χ3v) is 9.23. The Kier molecular flexibility index (Phi) is 7.80. The van der Waals surface area contributed by atoms with Gasteiger partial charge in [-0.05, 0) is 29.8 Å². The predicted molar refractivity (Wildman–Crippen MR) is 123 cm³/mol. The Labute approximate surface area is 195 Å². The molecule has 0 aliphatic carbocycles. The summed E-state index contributed by atoms with van der Waals surface area (Å²) >= 11 is 0. The number of ether oxygens (including phenoxy) is 2. The van der Waals surface area contributed by atoms with Crippen LogP contribution in [0.15, 0.2) is 64.4 Å². The topological polar surface area (TPSA) is 105 Å². The Bertz CT molecular complexity index is 1110. The van der Waals surface area contributed by atoms with Gasteiger partial charge in [0.15, 0.2) is 0 Å². The number of morpholine rings is 2. The molecule has 0 amide bonds. The van der Waals surface area contributed by atoms with E-state index >= 15 is 0 Å². The van der Waals surface area contributed by atoms with Crippen LogP contribution in [0, 0.1) is 0 Å². The summed E-state index contributed by atoms with van der Waals surface area (Å²) in [5, 5.41) is 0. The summed E-state index contributed by atoms with van der Waals surface area (Å²) in [5.41, 5.74) is 1.02. The van der Waals surface area contributed by atoms with Crippen LogP contribution in [0.3, 0.4) is 0 Å². The summed E-state index contributed by atoms with van der Waals surface area (Å²) in [6.07, 6.45) is 0. The fourth-order valence-electron chi connectivity index (χ4n) is 4.02. The van der Waals surface area contributed by atoms with Gasteiger partial charge in [-0.2, -0.15) is 4.31 Å². The van der Waals surface area contributed by atoms with Gasteiger partial charge in [0.25, 0.3) is 0 Å². The maximum absolute atomic E-state index is 13.0. The third-order valence-electron chi connectivity index (χ3n) is 5.88. The van der Waals surface area contributed by atoms with Gasteiger partial charge in [-0.15, -0.1) is 0 Å². The third kappa shape index (κ3) is 5.80. The molecule has 0 bridgehead atoms. The van der Waals surface area contributed by atoms with Crippen molar-refractivity contribution >= 4 is 20.0 Å². The van der Waals surface area contributed by atoms with Crippen LogP contribution in [-0.4, -0.2) is 85.2 Å². The van der Waals surface area contributed by atoms with E-state index in [1.165, 1.54) is 28.6 Å². The molecule has 180 valence electrons. The number of nitrogens with one attached hydrogen (secondary N) is 1. The highest BCUT2D eigenvalue weighted by Gasteiger charge is 2.28. The monoisotopic (exact) mass is 495 g/mol. The summed E-state index contributed by atoms with van der Waals surface area (Å²) in [6, 6.07) is 15.0. The normalized spacial score (nSPS) is 19.9. The number of rotatable bonds is 8. The molecule has 9 nitrogen and oxygen atoms in total. The van der Waals surface area contributed by atoms with Crippen molar-refractivity contribution in [1.82, 2.24) is 13.9 Å². The Hall–Kier alpha value is -1.86. The first-order valence-corrected chi connectivity index (χ1v) is 13.8. The van der Waals surface area contributed by atoms with Crippen LogP contribution in [-0.2, 0) is 29.5 Å². The van der Waals surface area contributed by atoms with Crippen LogP contribution in [0.5, 0.6) is 0 Å². The maximum atomic E-state index is 13.0. The summed E-state index contributed by atoms with van der Waals surface area (Å²) in [6.45, 7) is 4.11. The van der Waals surface area contributed by atoms with Crippen molar-refractivity contribution in [2.24, 2.45) is 0 Å². The lowest BCUT2D eigenvalue weighted by Crippen LogP contribution is -2.43. The van der Waals surface area contributed by atoms with Crippen molar-refractivity contribution in [3.05, 3.63) is 60.2 Å². The lowest BCUT2D eigenvalue weighted by molar-refractivity contribution is 0.0172. The van der Waals surface area contributed by atoms with E-state index in [4.69, 9.17) is 9.47 Å². The SMILES string of the molecule is O=S(=O)(NCC(c1ccccc1)N1CCOCC1)c1ccc(S(=O)(=O)N2CCOCC2)cc1. The molecule has 11 heteroatoms. The first kappa shape index (κ1) is 24.3. The zero-order chi connectivity index (χ0) is 23.3. The van der Waals surface area contributed by atoms with E-state index in [0.29, 0.717) is 26.4 Å². The number of benzene rings is 2. The summed E-state index contributed by atoms with van der Waals surface area (Å²) in [5.74, 6) is 0. The van der Waals surface area contributed by atoms with Crippen LogP contribution in [0.25, 0.3) is 0 Å². The number of hydrogen-bond acceptors (Lipinski definition) is 7. The quantitative estimate of drug-likeness (QED) is 0.584. The molecule has 1 unspecified atom stereocenters. The molecular weight excluding hydrogens is 466 g/mol. The minimum absolute atomic E-state index is 0.0252. The van der Waals surface area contributed by atoms with E-state index in [2.05, 4.69) is 9.62 Å². The first-order valence-electron chi connectivity index (χ1n) is 10.9. The molecule has 4 rings (SSSR count). The fourth-order valence-corrected chi connectivity index (χ4v) is 6.47. The van der Waals surface area contributed by atoms with Crippen molar-refractivity contribution < 1.29 is 26.3 Å². The standard InChI is InChI=1S/C22H29N3O6S2/c26-32(27,20-6-8-21(9-7-20)33(28,29)25-12-16-31-17-13-25)23-18-22(19-4-2-1-3-5-19)24-10-14-30-15-11-24/h1-9,22-23H,10-18H2. The Balaban J connectivity index is 1.48. The van der Waals surface area contributed by atoms with E-state index in [1.54, 1.807) is 0 Å². The van der Waals surface area contributed by atoms with Crippen LogP contribution < -0.4 is 4.72 Å². The van der Waals surface area contributed by atoms with Crippen LogP contribution in [0.2, 0.25) is 0 Å². The van der Waals surface area contributed by atoms with Crippen molar-refractivity contribution in [3.63, 3.8) is 0 Å². The summed E-state index contributed by atoms with van der Waals surface area (Å²) < 4.78 is 66.2. The van der Waals surface area contributed by atoms with Gasteiger partial charge in [0, 0.05) is 38.8 Å². The van der Waals surface area contributed by atoms with Gasteiger partial charge >= 0.3 is 0 Å². The van der Waals surface area contributed by atoms with Gasteiger partial charge in [-0.1, -0.05) is 30.3 Å². The lowest BCUT2D eigenvalue weighted by Gasteiger charge is -2.34. The molecule has 0 radical (unpaired) electrons. The second kappa shape index (κ2) is 10.6. The molecule has 0 saturated carbocycles. The molecule has 0 aromatic heterocycles. The van der Waals surface area contributed by atoms with E-state index in [-0.39, 0.29) is 35.5 Å². The largest absolute Gasteiger partial charge is 0.379 e. The van der Waals surface area contributed by atoms with Gasteiger partial charge in [0.05, 0.1) is 36.2 Å². The molecule has 2 fully saturated rings. The van der Waals surface area contributed by atoms with E-state index in [9.17, 15) is 16.8 Å². The average molecular weight is 496 g/mol. The average Bonchev–Trinajstić information content (AvgIpc) is 2.86. The number of nitrogens with zero attached hydrogens (tertiary/aromatic N) is 2. The Morgan fingerprint density at radius 3 is 1.91 bits per heavy atom. The molecule has 2 heterocycles. The summed E-state index contributed by atoms with van der Waals surface area (Å²) in [4.78, 5) is 2.30. The predicted octanol–water partition coefficient (Wildman–Crippen LogP) is 1.06. The van der Waals surface area contributed by atoms with Crippen molar-refractivity contribution in [2.45, 2.75) is 15.8 Å². The van der Waals surface area contributed by atoms with Gasteiger partial charge in [-0.25, -0.2) is 21.6 Å². The highest BCUT2D eigenvalue weighted by atomic mass is 32.2. The molecule has 2 saturated heterocycles. The molecule has 2 aliphatic rings. The summed E-state index contributed by atoms with van der Waals surface area (Å²) in [7, 11) is -7.51. The fraction of sp³-hybridized carbons (Fsp3) is 0.455. The van der Waals surface area contributed by atoms with E-state index < -0.39 is 20.0 Å². The van der Waals surface area contributed by atoms with Crippen molar-refractivity contribution in [1.29, 1.82) is 0 Å². The van der Waals surface area contributed by atoms with Crippen molar-refractivity contribution in [3.8, 4) is 0 Å². The van der Waals surface area contributed by atoms with Crippen LogP contribution in [0.1, 0.15) is 11.6 Å². The minimum Gasteiger partial charge on any atom is -0.379 e. The molecular formula is C22H29N3O6S2. The van der Waals surface area contributed by atoms with Gasteiger partial charge in [0.1, 0.15) is 0 Å². The minimum atomic E-state index is -3.83. The van der Waals surface area contributed by atoms with Gasteiger partial charge < -0.3 is 9.47 Å². The number of hydrogen-bond donors (Lipinski definition) is 1. The molecule has 2 aromatic rings. The lowest BCUT2D eigenvalue weighted by atomic mass is 10.1. The molecule has 1 atom stereocenters. The molecule has 2 aromatic carbocycles. The van der Waals surface area contributed by atoms with Crippen LogP contribution in [0.4, 0.5) is 0 Å². The Morgan fingerprint density at radius 2 is 1.30 bits per heavy atom. The maximum Gasteiger partial charge on any atom is 0.243 e. The van der Waals surface area contributed by atoms with Gasteiger partial charge in [-0.3, -0.25) is 4.90 Å². The van der Waals surface area contributed by atoms with Gasteiger partial charge in [0.2, 0.25) is 20.0 Å². The second-order valence-electron chi connectivity index (χ2n) is 7.91. The zero-order valence-electron chi connectivity index (χ0n) is 18.3. The molecule has 33 heavy (non-hydrogen) atoms. The zero-order valence-corrected chi connectivity index (χ0v) is 19.9. The van der Waals surface area contributed by atoms with E-state index in [0.717, 1.165) is 18.7 Å². The van der Waals surface area contributed by atoms with Crippen LogP contribution >= 0.6 is 0 Å². The molecule has 0 spiro atoms. The van der Waals surface area contributed by atoms with E-state index in [1.807, 2.05) is 30.3 Å². The smallest absolute Gasteiger partial charge is 0.243 e. The first-order chi connectivity index (χ1) is 15.9. The van der Waals surface area contributed by atoms with Crippen molar-refractivity contribution in [2.75, 3.05) is 59.2 Å². The molecule has 1 N–H and O–H groups in total. The Morgan fingerprint density at radius 1 is 0.758 bits per heavy atom. The molecule has 2 aliphatic heterocycles. The highest BCUT2D eigenvalue weighted by molar-refractivity contribution is 7.89.